The standard InChI is InChI=1S/C11H15NO2/c1-13-8-3-4-9-10(7-8)12-6-5-11(9)14-2/h3-4,7,11-12H,5-6H2,1-2H3/t11-/m0/s1. The first kappa shape index (κ1) is 9.34. The minimum absolute atomic E-state index is 0.220. The topological polar surface area (TPSA) is 30.5 Å². The summed E-state index contributed by atoms with van der Waals surface area (Å²) in [6.07, 6.45) is 1.24. The Bertz CT molecular complexity index is 325. The van der Waals surface area contributed by atoms with Crippen molar-refractivity contribution < 1.29 is 9.47 Å². The Morgan fingerprint density at radius 3 is 2.93 bits per heavy atom. The second kappa shape index (κ2) is 3.88. The Kier molecular flexibility index (Phi) is 2.59. The van der Waals surface area contributed by atoms with Gasteiger partial charge in [0.1, 0.15) is 5.75 Å². The van der Waals surface area contributed by atoms with Crippen molar-refractivity contribution in [3.8, 4) is 5.75 Å². The number of nitrogens with one attached hydrogen (secondary N) is 1. The van der Waals surface area contributed by atoms with Gasteiger partial charge in [0.05, 0.1) is 13.2 Å². The van der Waals surface area contributed by atoms with Crippen molar-refractivity contribution in [1.82, 2.24) is 0 Å². The summed E-state index contributed by atoms with van der Waals surface area (Å²) in [6.45, 7) is 0.957. The van der Waals surface area contributed by atoms with Crippen molar-refractivity contribution in [3.05, 3.63) is 23.8 Å². The van der Waals surface area contributed by atoms with E-state index in [1.807, 2.05) is 12.1 Å². The lowest BCUT2D eigenvalue weighted by atomic mass is 10.0. The van der Waals surface area contributed by atoms with Crippen molar-refractivity contribution in [2.24, 2.45) is 0 Å². The highest BCUT2D eigenvalue weighted by Crippen LogP contribution is 2.34. The van der Waals surface area contributed by atoms with Gasteiger partial charge in [-0.15, -0.1) is 0 Å². The third kappa shape index (κ3) is 1.55. The number of fused-ring (bicyclic) bond motifs is 1. The number of hydrogen-bond acceptors (Lipinski definition) is 3. The van der Waals surface area contributed by atoms with Gasteiger partial charge in [-0.25, -0.2) is 0 Å². The molecule has 3 nitrogen and oxygen atoms in total. The van der Waals surface area contributed by atoms with E-state index in [4.69, 9.17) is 9.47 Å². The van der Waals surface area contributed by atoms with Crippen LogP contribution in [0.15, 0.2) is 18.2 Å². The molecule has 0 amide bonds. The summed E-state index contributed by atoms with van der Waals surface area (Å²) in [6, 6.07) is 6.05. The number of hydrogen-bond donors (Lipinski definition) is 1. The molecule has 1 N–H and O–H groups in total. The van der Waals surface area contributed by atoms with Crippen molar-refractivity contribution in [2.45, 2.75) is 12.5 Å². The fraction of sp³-hybridized carbons (Fsp3) is 0.455. The first-order valence-corrected chi connectivity index (χ1v) is 4.79. The maximum absolute atomic E-state index is 5.41. The van der Waals surface area contributed by atoms with Gasteiger partial charge in [-0.2, -0.15) is 0 Å². The molecular weight excluding hydrogens is 178 g/mol. The molecule has 2 rings (SSSR count). The van der Waals surface area contributed by atoms with Gasteiger partial charge in [-0.3, -0.25) is 0 Å². The number of rotatable bonds is 2. The van der Waals surface area contributed by atoms with Gasteiger partial charge in [0, 0.05) is 31.0 Å². The van der Waals surface area contributed by atoms with E-state index >= 15 is 0 Å². The molecule has 0 radical (unpaired) electrons. The fourth-order valence-electron chi connectivity index (χ4n) is 1.83. The normalized spacial score (nSPS) is 19.7. The largest absolute Gasteiger partial charge is 0.497 e. The van der Waals surface area contributed by atoms with Crippen molar-refractivity contribution in [3.63, 3.8) is 0 Å². The van der Waals surface area contributed by atoms with E-state index in [-0.39, 0.29) is 6.10 Å². The molecule has 0 aromatic heterocycles. The predicted octanol–water partition coefficient (Wildman–Crippen LogP) is 2.20. The summed E-state index contributed by atoms with van der Waals surface area (Å²) in [5.41, 5.74) is 2.35. The summed E-state index contributed by atoms with van der Waals surface area (Å²) in [5, 5.41) is 3.34. The molecule has 14 heavy (non-hydrogen) atoms. The van der Waals surface area contributed by atoms with Crippen molar-refractivity contribution in [2.75, 3.05) is 26.1 Å². The molecule has 3 heteroatoms. The fourth-order valence-corrected chi connectivity index (χ4v) is 1.83. The van der Waals surface area contributed by atoms with E-state index < -0.39 is 0 Å². The molecule has 1 heterocycles. The van der Waals surface area contributed by atoms with Crippen LogP contribution < -0.4 is 10.1 Å². The molecule has 0 unspecified atom stereocenters. The molecule has 0 saturated heterocycles. The average molecular weight is 193 g/mol. The molecule has 0 aliphatic carbocycles. The predicted molar refractivity (Wildman–Crippen MR) is 55.9 cm³/mol. The van der Waals surface area contributed by atoms with E-state index in [0.29, 0.717) is 0 Å². The SMILES string of the molecule is COc1ccc2c(c1)NCC[C@@H]2OC. The highest BCUT2D eigenvalue weighted by Gasteiger charge is 2.19. The third-order valence-electron chi connectivity index (χ3n) is 2.61. The van der Waals surface area contributed by atoms with Crippen LogP contribution in [0.1, 0.15) is 18.1 Å². The lowest BCUT2D eigenvalue weighted by Crippen LogP contribution is -2.17. The van der Waals surface area contributed by atoms with Gasteiger partial charge in [0.25, 0.3) is 0 Å². The quantitative estimate of drug-likeness (QED) is 0.781. The zero-order valence-corrected chi connectivity index (χ0v) is 8.54. The Hall–Kier alpha value is -1.22. The van der Waals surface area contributed by atoms with Gasteiger partial charge >= 0.3 is 0 Å². The Labute approximate surface area is 84.0 Å². The summed E-state index contributed by atoms with van der Waals surface area (Å²) in [7, 11) is 3.43. The molecule has 1 aromatic carbocycles. The number of anilines is 1. The maximum Gasteiger partial charge on any atom is 0.120 e. The Morgan fingerprint density at radius 2 is 2.21 bits per heavy atom. The van der Waals surface area contributed by atoms with E-state index in [0.717, 1.165) is 24.4 Å². The molecule has 1 atom stereocenters. The Balaban J connectivity index is 2.35. The summed E-state index contributed by atoms with van der Waals surface area (Å²) < 4.78 is 10.6. The lowest BCUT2D eigenvalue weighted by molar-refractivity contribution is 0.0964. The monoisotopic (exact) mass is 193 g/mol. The maximum atomic E-state index is 5.41. The zero-order valence-electron chi connectivity index (χ0n) is 8.54. The average Bonchev–Trinajstić information content (AvgIpc) is 2.27. The summed E-state index contributed by atoms with van der Waals surface area (Å²) in [4.78, 5) is 0. The number of methoxy groups -OCH3 is 2. The molecule has 76 valence electrons. The minimum Gasteiger partial charge on any atom is -0.497 e. The molecule has 1 aliphatic rings. The van der Waals surface area contributed by atoms with Crippen molar-refractivity contribution in [1.29, 1.82) is 0 Å². The number of benzene rings is 1. The molecule has 0 fully saturated rings. The van der Waals surface area contributed by atoms with Gasteiger partial charge in [-0.1, -0.05) is 6.07 Å². The van der Waals surface area contributed by atoms with Crippen LogP contribution in [0.2, 0.25) is 0 Å². The molecule has 0 bridgehead atoms. The summed E-state index contributed by atoms with van der Waals surface area (Å²) in [5.74, 6) is 0.882. The molecular formula is C11H15NO2. The summed E-state index contributed by atoms with van der Waals surface area (Å²) >= 11 is 0. The highest BCUT2D eigenvalue weighted by atomic mass is 16.5. The van der Waals surface area contributed by atoms with Gasteiger partial charge in [-0.05, 0) is 12.5 Å². The molecule has 0 saturated carbocycles. The Morgan fingerprint density at radius 1 is 1.36 bits per heavy atom. The molecule has 1 aromatic rings. The first-order chi connectivity index (χ1) is 6.85. The van der Waals surface area contributed by atoms with Crippen LogP contribution in [0.5, 0.6) is 5.75 Å². The first-order valence-electron chi connectivity index (χ1n) is 4.79. The second-order valence-corrected chi connectivity index (χ2v) is 3.39. The van der Waals surface area contributed by atoms with E-state index in [1.54, 1.807) is 14.2 Å². The number of ether oxygens (including phenoxy) is 2. The van der Waals surface area contributed by atoms with Crippen LogP contribution in [0.3, 0.4) is 0 Å². The van der Waals surface area contributed by atoms with Crippen LogP contribution in [0.25, 0.3) is 0 Å². The molecule has 1 aliphatic heterocycles. The van der Waals surface area contributed by atoms with Crippen LogP contribution >= 0.6 is 0 Å². The van der Waals surface area contributed by atoms with E-state index in [2.05, 4.69) is 11.4 Å². The van der Waals surface area contributed by atoms with Crippen LogP contribution in [-0.4, -0.2) is 20.8 Å². The van der Waals surface area contributed by atoms with E-state index in [1.165, 1.54) is 5.56 Å². The van der Waals surface area contributed by atoms with Crippen molar-refractivity contribution >= 4 is 5.69 Å². The van der Waals surface area contributed by atoms with E-state index in [9.17, 15) is 0 Å². The second-order valence-electron chi connectivity index (χ2n) is 3.39. The van der Waals surface area contributed by atoms with Gasteiger partial charge < -0.3 is 14.8 Å². The zero-order chi connectivity index (χ0) is 9.97. The minimum atomic E-state index is 0.220. The van der Waals surface area contributed by atoms with Crippen LogP contribution in [0, 0.1) is 0 Å². The van der Waals surface area contributed by atoms with Gasteiger partial charge in [0.2, 0.25) is 0 Å². The molecule has 0 spiro atoms. The van der Waals surface area contributed by atoms with Crippen LogP contribution in [0.4, 0.5) is 5.69 Å². The lowest BCUT2D eigenvalue weighted by Gasteiger charge is -2.25. The van der Waals surface area contributed by atoms with Gasteiger partial charge in [0.15, 0.2) is 0 Å². The van der Waals surface area contributed by atoms with Crippen LogP contribution in [-0.2, 0) is 4.74 Å². The smallest absolute Gasteiger partial charge is 0.120 e. The highest BCUT2D eigenvalue weighted by molar-refractivity contribution is 5.57. The third-order valence-corrected chi connectivity index (χ3v) is 2.61.